The van der Waals surface area contributed by atoms with Crippen molar-refractivity contribution in [3.8, 4) is 5.69 Å². The van der Waals surface area contributed by atoms with Crippen LogP contribution in [0, 0.1) is 5.41 Å². The number of carbonyl (C=O) groups is 2. The molecule has 2 aromatic rings. The molecular formula is C19H17NO3. The third-order valence-electron chi connectivity index (χ3n) is 5.13. The van der Waals surface area contributed by atoms with Crippen LogP contribution in [-0.4, -0.2) is 16.1 Å². The van der Waals surface area contributed by atoms with Gasteiger partial charge in [0, 0.05) is 30.8 Å². The average Bonchev–Trinajstić information content (AvgIpc) is 2.92. The molecule has 0 saturated heterocycles. The zero-order valence-electron chi connectivity index (χ0n) is 12.7. The molecule has 1 saturated carbocycles. The number of nitrogens with zero attached hydrogens (tertiary/aromatic N) is 1. The standard InChI is InChI=1S/C19H17NO3/c21-16-7-4-8-17(22)19(16)10-13-9-18(23)20(12-14(13)11-19)15-5-2-1-3-6-15/h1-3,5-6,9,12H,4,7-8,10-11H2. The van der Waals surface area contributed by atoms with Crippen LogP contribution in [0.25, 0.3) is 5.69 Å². The third-order valence-corrected chi connectivity index (χ3v) is 5.13. The van der Waals surface area contributed by atoms with E-state index >= 15 is 0 Å². The Morgan fingerprint density at radius 2 is 1.52 bits per heavy atom. The van der Waals surface area contributed by atoms with Crippen molar-refractivity contribution < 1.29 is 9.59 Å². The number of Topliss-reactive ketones (excluding diaryl/α,β-unsaturated/α-hetero) is 2. The minimum atomic E-state index is -0.900. The molecule has 116 valence electrons. The Morgan fingerprint density at radius 1 is 0.870 bits per heavy atom. The van der Waals surface area contributed by atoms with Crippen LogP contribution in [-0.2, 0) is 22.4 Å². The summed E-state index contributed by atoms with van der Waals surface area (Å²) in [4.78, 5) is 37.3. The van der Waals surface area contributed by atoms with E-state index < -0.39 is 5.41 Å². The SMILES string of the molecule is O=C1CCCC(=O)C12Cc1cc(=O)n(-c3ccccc3)cc1C2. The summed E-state index contributed by atoms with van der Waals surface area (Å²) in [6.07, 6.45) is 4.24. The molecule has 0 unspecified atom stereocenters. The number of pyridine rings is 1. The summed E-state index contributed by atoms with van der Waals surface area (Å²) in [5, 5.41) is 0. The fraction of sp³-hybridized carbons (Fsp3) is 0.316. The van der Waals surface area contributed by atoms with Gasteiger partial charge in [0.1, 0.15) is 11.6 Å². The van der Waals surface area contributed by atoms with Crippen molar-refractivity contribution in [1.29, 1.82) is 0 Å². The second-order valence-corrected chi connectivity index (χ2v) is 6.50. The van der Waals surface area contributed by atoms with E-state index in [9.17, 15) is 14.4 Å². The number of fused-ring (bicyclic) bond motifs is 1. The topological polar surface area (TPSA) is 56.1 Å². The summed E-state index contributed by atoms with van der Waals surface area (Å²) in [5.74, 6) is 0.0901. The van der Waals surface area contributed by atoms with Crippen LogP contribution >= 0.6 is 0 Å². The monoisotopic (exact) mass is 307 g/mol. The van der Waals surface area contributed by atoms with E-state index in [1.165, 1.54) is 0 Å². The van der Waals surface area contributed by atoms with Gasteiger partial charge < -0.3 is 0 Å². The smallest absolute Gasteiger partial charge is 0.255 e. The second-order valence-electron chi connectivity index (χ2n) is 6.50. The number of aromatic nitrogens is 1. The maximum atomic E-state index is 12.4. The van der Waals surface area contributed by atoms with Gasteiger partial charge in [0.25, 0.3) is 5.56 Å². The number of benzene rings is 1. The van der Waals surface area contributed by atoms with Crippen molar-refractivity contribution in [3.63, 3.8) is 0 Å². The Balaban J connectivity index is 1.80. The molecule has 0 atom stereocenters. The average molecular weight is 307 g/mol. The van der Waals surface area contributed by atoms with E-state index in [4.69, 9.17) is 0 Å². The molecule has 1 heterocycles. The maximum absolute atomic E-state index is 12.4. The number of carbonyl (C=O) groups excluding carboxylic acids is 2. The van der Waals surface area contributed by atoms with Gasteiger partial charge in [-0.1, -0.05) is 18.2 Å². The van der Waals surface area contributed by atoms with Crippen LogP contribution < -0.4 is 5.56 Å². The van der Waals surface area contributed by atoms with Gasteiger partial charge in [-0.3, -0.25) is 19.0 Å². The lowest BCUT2D eigenvalue weighted by molar-refractivity contribution is -0.143. The van der Waals surface area contributed by atoms with Crippen LogP contribution in [0.1, 0.15) is 30.4 Å². The van der Waals surface area contributed by atoms with Gasteiger partial charge in [0.2, 0.25) is 0 Å². The van der Waals surface area contributed by atoms with E-state index in [1.807, 2.05) is 30.3 Å². The van der Waals surface area contributed by atoms with Gasteiger partial charge in [-0.15, -0.1) is 0 Å². The first-order chi connectivity index (χ1) is 11.1. The maximum Gasteiger partial charge on any atom is 0.255 e. The number of ketones is 2. The van der Waals surface area contributed by atoms with Crippen molar-refractivity contribution in [2.75, 3.05) is 0 Å². The largest absolute Gasteiger partial charge is 0.299 e. The molecule has 2 aliphatic rings. The van der Waals surface area contributed by atoms with E-state index in [0.29, 0.717) is 32.1 Å². The van der Waals surface area contributed by atoms with Gasteiger partial charge in [0.05, 0.1) is 5.41 Å². The lowest BCUT2D eigenvalue weighted by Gasteiger charge is -2.29. The fourth-order valence-electron chi connectivity index (χ4n) is 3.88. The molecule has 1 fully saturated rings. The molecule has 4 heteroatoms. The van der Waals surface area contributed by atoms with Crippen molar-refractivity contribution in [2.45, 2.75) is 32.1 Å². The molecule has 1 aromatic carbocycles. The lowest BCUT2D eigenvalue weighted by atomic mass is 9.70. The summed E-state index contributed by atoms with van der Waals surface area (Å²) >= 11 is 0. The van der Waals surface area contributed by atoms with Crippen molar-refractivity contribution >= 4 is 11.6 Å². The Labute approximate surface area is 133 Å². The zero-order valence-corrected chi connectivity index (χ0v) is 12.7. The van der Waals surface area contributed by atoms with E-state index in [-0.39, 0.29) is 17.1 Å². The molecule has 4 nitrogen and oxygen atoms in total. The predicted octanol–water partition coefficient (Wildman–Crippen LogP) is 2.24. The van der Waals surface area contributed by atoms with Crippen LogP contribution in [0.2, 0.25) is 0 Å². The molecule has 4 rings (SSSR count). The first-order valence-corrected chi connectivity index (χ1v) is 7.97. The molecule has 1 spiro atoms. The number of hydrogen-bond donors (Lipinski definition) is 0. The van der Waals surface area contributed by atoms with Crippen LogP contribution in [0.5, 0.6) is 0 Å². The molecule has 2 aliphatic carbocycles. The molecule has 23 heavy (non-hydrogen) atoms. The van der Waals surface area contributed by atoms with E-state index in [1.54, 1.807) is 16.8 Å². The Bertz CT molecular complexity index is 848. The summed E-state index contributed by atoms with van der Waals surface area (Å²) in [7, 11) is 0. The number of para-hydroxylation sites is 1. The van der Waals surface area contributed by atoms with Crippen LogP contribution in [0.3, 0.4) is 0 Å². The summed E-state index contributed by atoms with van der Waals surface area (Å²) in [5.41, 5.74) is 1.57. The van der Waals surface area contributed by atoms with Gasteiger partial charge in [-0.05, 0) is 42.5 Å². The molecule has 0 bridgehead atoms. The quantitative estimate of drug-likeness (QED) is 0.759. The second kappa shape index (κ2) is 5.01. The van der Waals surface area contributed by atoms with Crippen molar-refractivity contribution in [3.05, 3.63) is 64.1 Å². The summed E-state index contributed by atoms with van der Waals surface area (Å²) in [6, 6.07) is 11.0. The molecular weight excluding hydrogens is 290 g/mol. The van der Waals surface area contributed by atoms with Gasteiger partial charge in [-0.2, -0.15) is 0 Å². The van der Waals surface area contributed by atoms with Crippen LogP contribution in [0.4, 0.5) is 0 Å². The Hall–Kier alpha value is -2.49. The first kappa shape index (κ1) is 14.1. The van der Waals surface area contributed by atoms with Crippen molar-refractivity contribution in [1.82, 2.24) is 4.57 Å². The summed E-state index contributed by atoms with van der Waals surface area (Å²) < 4.78 is 1.59. The zero-order chi connectivity index (χ0) is 16.0. The van der Waals surface area contributed by atoms with E-state index in [2.05, 4.69) is 0 Å². The van der Waals surface area contributed by atoms with E-state index in [0.717, 1.165) is 16.8 Å². The molecule has 0 aliphatic heterocycles. The molecule has 0 amide bonds. The van der Waals surface area contributed by atoms with Crippen molar-refractivity contribution in [2.24, 2.45) is 5.41 Å². The molecule has 0 N–H and O–H groups in total. The first-order valence-electron chi connectivity index (χ1n) is 7.97. The van der Waals surface area contributed by atoms with Gasteiger partial charge >= 0.3 is 0 Å². The molecule has 0 radical (unpaired) electrons. The normalized spacial score (nSPS) is 19.1. The number of rotatable bonds is 1. The minimum Gasteiger partial charge on any atom is -0.299 e. The van der Waals surface area contributed by atoms with Gasteiger partial charge in [-0.25, -0.2) is 0 Å². The lowest BCUT2D eigenvalue weighted by Crippen LogP contribution is -2.43. The predicted molar refractivity (Wildman–Crippen MR) is 85.7 cm³/mol. The Morgan fingerprint density at radius 3 is 2.22 bits per heavy atom. The highest BCUT2D eigenvalue weighted by Gasteiger charge is 2.50. The highest BCUT2D eigenvalue weighted by molar-refractivity contribution is 6.10. The van der Waals surface area contributed by atoms with Crippen LogP contribution in [0.15, 0.2) is 47.4 Å². The highest BCUT2D eigenvalue weighted by atomic mass is 16.2. The Kier molecular flexibility index (Phi) is 3.08. The molecule has 1 aromatic heterocycles. The minimum absolute atomic E-state index is 0.0451. The third kappa shape index (κ3) is 2.09. The summed E-state index contributed by atoms with van der Waals surface area (Å²) in [6.45, 7) is 0. The number of hydrogen-bond acceptors (Lipinski definition) is 3. The highest BCUT2D eigenvalue weighted by Crippen LogP contribution is 2.42. The fourth-order valence-corrected chi connectivity index (χ4v) is 3.88. The van der Waals surface area contributed by atoms with Gasteiger partial charge in [0.15, 0.2) is 0 Å².